The smallest absolute Gasteiger partial charge is 0.303 e. The normalized spacial score (nSPS) is 15.5. The third-order valence-electron chi connectivity index (χ3n) is 2.95. The maximum absolute atomic E-state index is 12.3. The zero-order chi connectivity index (χ0) is 13.5. The van der Waals surface area contributed by atoms with E-state index < -0.39 is 10.2 Å². The Morgan fingerprint density at radius 2 is 1.94 bits per heavy atom. The van der Waals surface area contributed by atoms with Crippen molar-refractivity contribution in [3.8, 4) is 5.75 Å². The van der Waals surface area contributed by atoms with Crippen LogP contribution in [0.1, 0.15) is 11.1 Å². The Bertz CT molecular complexity index is 567. The van der Waals surface area contributed by atoms with E-state index in [9.17, 15) is 8.42 Å². The molecular weight excluding hydrogens is 252 g/mol. The van der Waals surface area contributed by atoms with Gasteiger partial charge in [0.25, 0.3) is 0 Å². The fourth-order valence-electron chi connectivity index (χ4n) is 2.13. The molecule has 0 unspecified atom stereocenters. The van der Waals surface area contributed by atoms with E-state index in [0.29, 0.717) is 24.6 Å². The largest absolute Gasteiger partial charge is 0.489 e. The number of fused-ring (bicyclic) bond motifs is 1. The molecule has 0 atom stereocenters. The number of aryl methyl sites for hydroxylation is 2. The van der Waals surface area contributed by atoms with E-state index in [0.717, 1.165) is 11.1 Å². The molecule has 0 amide bonds. The van der Waals surface area contributed by atoms with Gasteiger partial charge in [0.15, 0.2) is 0 Å². The molecule has 0 aliphatic carbocycles. The molecular formula is C12H18N2O3S. The average Bonchev–Trinajstić information content (AvgIpc) is 2.27. The maximum Gasteiger partial charge on any atom is 0.303 e. The van der Waals surface area contributed by atoms with Gasteiger partial charge in [0.2, 0.25) is 0 Å². The molecule has 0 aromatic heterocycles. The van der Waals surface area contributed by atoms with Crippen molar-refractivity contribution in [2.75, 3.05) is 31.6 Å². The molecule has 0 fully saturated rings. The Kier molecular flexibility index (Phi) is 3.25. The van der Waals surface area contributed by atoms with Crippen LogP contribution in [0.25, 0.3) is 0 Å². The molecule has 0 spiro atoms. The highest BCUT2D eigenvalue weighted by molar-refractivity contribution is 7.90. The summed E-state index contributed by atoms with van der Waals surface area (Å²) in [6.45, 7) is 4.59. The first-order valence-corrected chi connectivity index (χ1v) is 7.18. The van der Waals surface area contributed by atoms with E-state index in [1.54, 1.807) is 0 Å². The zero-order valence-electron chi connectivity index (χ0n) is 11.1. The van der Waals surface area contributed by atoms with Gasteiger partial charge >= 0.3 is 10.2 Å². The zero-order valence-corrected chi connectivity index (χ0v) is 11.9. The molecule has 6 heteroatoms. The van der Waals surface area contributed by atoms with Crippen LogP contribution in [0.4, 0.5) is 5.69 Å². The molecule has 5 nitrogen and oxygen atoms in total. The molecule has 1 aromatic rings. The predicted molar refractivity (Wildman–Crippen MR) is 71.4 cm³/mol. The van der Waals surface area contributed by atoms with E-state index >= 15 is 0 Å². The first-order valence-electron chi connectivity index (χ1n) is 5.78. The van der Waals surface area contributed by atoms with Crippen LogP contribution in [0, 0.1) is 13.8 Å². The molecule has 0 saturated heterocycles. The second-order valence-electron chi connectivity index (χ2n) is 4.64. The van der Waals surface area contributed by atoms with Crippen molar-refractivity contribution < 1.29 is 13.2 Å². The Labute approximate surface area is 108 Å². The van der Waals surface area contributed by atoms with Crippen molar-refractivity contribution in [1.29, 1.82) is 0 Å². The summed E-state index contributed by atoms with van der Waals surface area (Å²) in [6.07, 6.45) is 0. The van der Waals surface area contributed by atoms with Gasteiger partial charge in [-0.1, -0.05) is 6.07 Å². The molecule has 100 valence electrons. The van der Waals surface area contributed by atoms with E-state index in [1.807, 2.05) is 26.0 Å². The van der Waals surface area contributed by atoms with Crippen molar-refractivity contribution in [2.45, 2.75) is 13.8 Å². The van der Waals surface area contributed by atoms with Crippen LogP contribution in [0.3, 0.4) is 0 Å². The lowest BCUT2D eigenvalue weighted by atomic mass is 10.1. The van der Waals surface area contributed by atoms with Crippen LogP contribution in [0.2, 0.25) is 0 Å². The van der Waals surface area contributed by atoms with Crippen LogP contribution in [-0.4, -0.2) is 40.0 Å². The molecule has 2 rings (SSSR count). The van der Waals surface area contributed by atoms with Crippen molar-refractivity contribution in [3.05, 3.63) is 23.3 Å². The standard InChI is InChI=1S/C12H18N2O3S/c1-9-7-10(2)12-11(8-9)17-6-5-14(12)18(15,16)13(3)4/h7-8H,5-6H2,1-4H3. The van der Waals surface area contributed by atoms with E-state index in [2.05, 4.69) is 0 Å². The lowest BCUT2D eigenvalue weighted by Crippen LogP contribution is -2.44. The van der Waals surface area contributed by atoms with Gasteiger partial charge in [-0.15, -0.1) is 0 Å². The van der Waals surface area contributed by atoms with E-state index in [-0.39, 0.29) is 0 Å². The minimum absolute atomic E-state index is 0.345. The summed E-state index contributed by atoms with van der Waals surface area (Å²) in [6, 6.07) is 3.84. The third kappa shape index (κ3) is 2.06. The molecule has 1 heterocycles. The molecule has 1 aliphatic rings. The van der Waals surface area contributed by atoms with Crippen molar-refractivity contribution in [2.24, 2.45) is 0 Å². The quantitative estimate of drug-likeness (QED) is 0.814. The molecule has 1 aliphatic heterocycles. The van der Waals surface area contributed by atoms with E-state index in [1.165, 1.54) is 22.7 Å². The van der Waals surface area contributed by atoms with Gasteiger partial charge in [0, 0.05) is 14.1 Å². The Balaban J connectivity index is 2.59. The second-order valence-corrected chi connectivity index (χ2v) is 6.71. The predicted octanol–water partition coefficient (Wildman–Crippen LogP) is 1.31. The number of hydrogen-bond donors (Lipinski definition) is 0. The molecule has 0 bridgehead atoms. The number of rotatable bonds is 2. The number of benzene rings is 1. The van der Waals surface area contributed by atoms with Gasteiger partial charge in [0.05, 0.1) is 12.2 Å². The number of anilines is 1. The van der Waals surface area contributed by atoms with Gasteiger partial charge in [0.1, 0.15) is 12.4 Å². The molecule has 18 heavy (non-hydrogen) atoms. The number of nitrogens with zero attached hydrogens (tertiary/aromatic N) is 2. The van der Waals surface area contributed by atoms with Crippen molar-refractivity contribution in [3.63, 3.8) is 0 Å². The molecule has 1 aromatic carbocycles. The van der Waals surface area contributed by atoms with Crippen LogP contribution < -0.4 is 9.04 Å². The van der Waals surface area contributed by atoms with Gasteiger partial charge in [-0.25, -0.2) is 0 Å². The summed E-state index contributed by atoms with van der Waals surface area (Å²) in [5, 5.41) is 0. The Hall–Kier alpha value is -1.27. The van der Waals surface area contributed by atoms with Crippen molar-refractivity contribution >= 4 is 15.9 Å². The first-order chi connectivity index (χ1) is 8.34. The summed E-state index contributed by atoms with van der Waals surface area (Å²) in [5.74, 6) is 0.643. The van der Waals surface area contributed by atoms with Crippen LogP contribution in [-0.2, 0) is 10.2 Å². The van der Waals surface area contributed by atoms with Gasteiger partial charge in [-0.05, 0) is 31.0 Å². The molecule has 0 radical (unpaired) electrons. The highest BCUT2D eigenvalue weighted by Crippen LogP contribution is 2.37. The minimum atomic E-state index is -3.46. The van der Waals surface area contributed by atoms with E-state index in [4.69, 9.17) is 4.74 Å². The summed E-state index contributed by atoms with van der Waals surface area (Å²) >= 11 is 0. The van der Waals surface area contributed by atoms with Crippen molar-refractivity contribution in [1.82, 2.24) is 4.31 Å². The first kappa shape index (κ1) is 13.2. The maximum atomic E-state index is 12.3. The average molecular weight is 270 g/mol. The monoisotopic (exact) mass is 270 g/mol. The Morgan fingerprint density at radius 3 is 2.56 bits per heavy atom. The van der Waals surface area contributed by atoms with Crippen LogP contribution in [0.5, 0.6) is 5.75 Å². The Morgan fingerprint density at radius 1 is 1.28 bits per heavy atom. The third-order valence-corrected chi connectivity index (χ3v) is 4.80. The van der Waals surface area contributed by atoms with Crippen LogP contribution in [0.15, 0.2) is 12.1 Å². The molecule has 0 N–H and O–H groups in total. The fraction of sp³-hybridized carbons (Fsp3) is 0.500. The summed E-state index contributed by atoms with van der Waals surface area (Å²) in [4.78, 5) is 0. The van der Waals surface area contributed by atoms with Crippen LogP contribution >= 0.6 is 0 Å². The SMILES string of the molecule is Cc1cc(C)c2c(c1)OCCN2S(=O)(=O)N(C)C. The number of hydrogen-bond acceptors (Lipinski definition) is 3. The minimum Gasteiger partial charge on any atom is -0.489 e. The second kappa shape index (κ2) is 4.44. The number of ether oxygens (including phenoxy) is 1. The lowest BCUT2D eigenvalue weighted by Gasteiger charge is -2.33. The summed E-state index contributed by atoms with van der Waals surface area (Å²) in [7, 11) is -0.391. The summed E-state index contributed by atoms with van der Waals surface area (Å²) in [5.41, 5.74) is 2.63. The lowest BCUT2D eigenvalue weighted by molar-refractivity contribution is 0.314. The fourth-order valence-corrected chi connectivity index (χ4v) is 3.29. The topological polar surface area (TPSA) is 49.9 Å². The highest BCUT2D eigenvalue weighted by Gasteiger charge is 2.31. The van der Waals surface area contributed by atoms with Gasteiger partial charge in [-0.3, -0.25) is 4.31 Å². The molecule has 0 saturated carbocycles. The van der Waals surface area contributed by atoms with Gasteiger partial charge < -0.3 is 4.74 Å². The highest BCUT2D eigenvalue weighted by atomic mass is 32.2. The van der Waals surface area contributed by atoms with Gasteiger partial charge in [-0.2, -0.15) is 12.7 Å². The summed E-state index contributed by atoms with van der Waals surface area (Å²) < 4.78 is 32.8.